The number of quaternary nitrogens is 1. The number of amides is 2. The van der Waals surface area contributed by atoms with Crippen LogP contribution in [0, 0.1) is 5.92 Å². The Bertz CT molecular complexity index is 1120. The van der Waals surface area contributed by atoms with E-state index in [0.717, 1.165) is 0 Å². The lowest BCUT2D eigenvalue weighted by molar-refractivity contribution is -0.235. The summed E-state index contributed by atoms with van der Waals surface area (Å²) in [4.78, 5) is 45.4. The fraction of sp³-hybridized carbons (Fsp3) is 0.375. The second kappa shape index (κ2) is 9.96. The molecule has 2 amide bonds. The molecule has 186 valence electrons. The number of alkyl halides is 3. The average Bonchev–Trinajstić information content (AvgIpc) is 2.94. The van der Waals surface area contributed by atoms with Crippen molar-refractivity contribution in [3.63, 3.8) is 0 Å². The third-order valence-electron chi connectivity index (χ3n) is 6.29. The highest BCUT2D eigenvalue weighted by Crippen LogP contribution is 2.37. The van der Waals surface area contributed by atoms with Crippen LogP contribution in [0.2, 0.25) is 5.02 Å². The third kappa shape index (κ3) is 5.34. The van der Waals surface area contributed by atoms with Crippen molar-refractivity contribution in [1.82, 2.24) is 14.9 Å². The monoisotopic (exact) mass is 510 g/mol. The zero-order valence-corrected chi connectivity index (χ0v) is 19.4. The molecular weight excluding hydrogens is 487 g/mol. The van der Waals surface area contributed by atoms with Crippen LogP contribution in [0.25, 0.3) is 0 Å². The zero-order valence-electron chi connectivity index (χ0n) is 18.7. The van der Waals surface area contributed by atoms with Gasteiger partial charge in [-0.3, -0.25) is 9.63 Å². The lowest BCUT2D eigenvalue weighted by Crippen LogP contribution is -2.61. The van der Waals surface area contributed by atoms with E-state index in [1.165, 1.54) is 35.2 Å². The maximum atomic E-state index is 13.7. The summed E-state index contributed by atoms with van der Waals surface area (Å²) in [5.74, 6) is -3.94. The molecule has 2 aromatic rings. The van der Waals surface area contributed by atoms with Gasteiger partial charge in [-0.1, -0.05) is 29.8 Å². The minimum atomic E-state index is -5.29. The zero-order chi connectivity index (χ0) is 25.2. The third-order valence-corrected chi connectivity index (χ3v) is 6.55. The summed E-state index contributed by atoms with van der Waals surface area (Å²) in [6.45, 7) is 0.539. The number of benzene rings is 2. The van der Waals surface area contributed by atoms with Gasteiger partial charge in [-0.2, -0.15) is 13.2 Å². The summed E-state index contributed by atoms with van der Waals surface area (Å²) < 4.78 is 38.8. The lowest BCUT2D eigenvalue weighted by atomic mass is 9.96. The smallest absolute Gasteiger partial charge is 0.320 e. The first kappa shape index (κ1) is 25.2. The molecule has 2 aliphatic rings. The number of nitrogens with one attached hydrogen (secondary N) is 1. The molecule has 7 nitrogen and oxygen atoms in total. The Morgan fingerprint density at radius 2 is 1.71 bits per heavy atom. The number of fused-ring (bicyclic) bond motifs is 1. The maximum Gasteiger partial charge on any atom is 0.497 e. The topological polar surface area (TPSA) is 75.7 Å². The molecule has 4 rings (SSSR count). The van der Waals surface area contributed by atoms with E-state index in [1.54, 1.807) is 18.2 Å². The summed E-state index contributed by atoms with van der Waals surface area (Å²) in [6.07, 6.45) is -4.08. The minimum absolute atomic E-state index is 0.0425. The summed E-state index contributed by atoms with van der Waals surface area (Å²) >= 11 is 5.91. The van der Waals surface area contributed by atoms with Crippen LogP contribution in [-0.2, 0) is 21.0 Å². The number of carbonyl (C=O) groups excluding carboxylic acids is 3. The highest BCUT2D eigenvalue weighted by Gasteiger charge is 2.55. The average molecular weight is 511 g/mol. The van der Waals surface area contributed by atoms with Gasteiger partial charge >= 0.3 is 18.1 Å². The van der Waals surface area contributed by atoms with Gasteiger partial charge in [-0.25, -0.2) is 9.59 Å². The molecule has 0 aliphatic carbocycles. The van der Waals surface area contributed by atoms with Crippen molar-refractivity contribution in [2.24, 2.45) is 5.92 Å². The molecule has 2 heterocycles. The minimum Gasteiger partial charge on any atom is -0.320 e. The van der Waals surface area contributed by atoms with Gasteiger partial charge in [0.2, 0.25) is 0 Å². The Kier molecular flexibility index (Phi) is 7.16. The number of hydroxylamine groups is 2. The number of hydrogen-bond donors (Lipinski definition) is 1. The van der Waals surface area contributed by atoms with Crippen LogP contribution in [0.15, 0.2) is 48.5 Å². The van der Waals surface area contributed by atoms with E-state index < -0.39 is 35.2 Å². The van der Waals surface area contributed by atoms with Crippen LogP contribution in [0.3, 0.4) is 0 Å². The number of carbonyl (C=O) groups is 3. The van der Waals surface area contributed by atoms with Gasteiger partial charge in [-0.05, 0) is 54.8 Å². The Labute approximate surface area is 204 Å². The molecule has 35 heavy (non-hydrogen) atoms. The molecule has 0 aromatic heterocycles. The molecular formula is C24H24ClF3N3O4+. The summed E-state index contributed by atoms with van der Waals surface area (Å²) in [6, 6.07) is 12.4. The van der Waals surface area contributed by atoms with E-state index in [1.807, 2.05) is 0 Å². The van der Waals surface area contributed by atoms with E-state index in [4.69, 9.17) is 16.4 Å². The van der Waals surface area contributed by atoms with E-state index in [9.17, 15) is 27.6 Å². The van der Waals surface area contributed by atoms with E-state index in [2.05, 4.69) is 5.32 Å². The number of para-hydroxylation sites is 1. The van der Waals surface area contributed by atoms with Crippen molar-refractivity contribution in [3.05, 3.63) is 64.7 Å². The van der Waals surface area contributed by atoms with Gasteiger partial charge in [0.05, 0.1) is 6.54 Å². The Hall–Kier alpha value is -2.95. The first-order chi connectivity index (χ1) is 16.6. The van der Waals surface area contributed by atoms with Crippen LogP contribution >= 0.6 is 11.6 Å². The molecule has 0 saturated carbocycles. The van der Waals surface area contributed by atoms with Crippen LogP contribution in [0.5, 0.6) is 0 Å². The normalized spacial score (nSPS) is 21.3. The molecule has 0 radical (unpaired) electrons. The number of piperidine rings is 1. The molecule has 0 spiro atoms. The van der Waals surface area contributed by atoms with Gasteiger partial charge in [0.25, 0.3) is 5.91 Å². The Balaban J connectivity index is 1.77. The molecule has 1 saturated heterocycles. The fourth-order valence-electron chi connectivity index (χ4n) is 4.55. The quantitative estimate of drug-likeness (QED) is 0.632. The predicted octanol–water partition coefficient (Wildman–Crippen LogP) is 3.85. The Morgan fingerprint density at radius 1 is 1.06 bits per heavy atom. The van der Waals surface area contributed by atoms with Crippen molar-refractivity contribution in [2.75, 3.05) is 26.2 Å². The highest BCUT2D eigenvalue weighted by atomic mass is 35.5. The second-order valence-electron chi connectivity index (χ2n) is 8.68. The molecule has 1 atom stereocenters. The maximum absolute atomic E-state index is 13.7. The van der Waals surface area contributed by atoms with Crippen molar-refractivity contribution < 1.29 is 32.4 Å². The summed E-state index contributed by atoms with van der Waals surface area (Å²) in [5.41, 5.74) is 0.815. The van der Waals surface area contributed by atoms with Crippen LogP contribution in [0.4, 0.5) is 18.9 Å². The van der Waals surface area contributed by atoms with Gasteiger partial charge < -0.3 is 10.2 Å². The van der Waals surface area contributed by atoms with Crippen molar-refractivity contribution >= 4 is 35.1 Å². The van der Waals surface area contributed by atoms with Crippen molar-refractivity contribution in [3.8, 4) is 0 Å². The van der Waals surface area contributed by atoms with E-state index in [-0.39, 0.29) is 30.3 Å². The number of hydrogen-bond acceptors (Lipinski definition) is 5. The van der Waals surface area contributed by atoms with Crippen LogP contribution in [0.1, 0.15) is 28.8 Å². The second-order valence-corrected chi connectivity index (χ2v) is 9.12. The van der Waals surface area contributed by atoms with Gasteiger partial charge in [0.15, 0.2) is 5.69 Å². The highest BCUT2D eigenvalue weighted by molar-refractivity contribution is 6.30. The predicted molar refractivity (Wildman–Crippen MR) is 122 cm³/mol. The molecule has 11 heteroatoms. The van der Waals surface area contributed by atoms with Gasteiger partial charge in [-0.15, -0.1) is 0 Å². The molecule has 1 N–H and O–H groups in total. The standard InChI is InChI=1S/C24H24ClF3N3O4/c25-19-7-5-17(6-8-19)22(33)30-13-18-3-1-2-4-20(18)31(21(32)14-30,35-23(34)24(26,27)28)15-16-9-11-29-12-10-16/h1-8,16,29H,9-15H2/q+1. The van der Waals surface area contributed by atoms with Crippen molar-refractivity contribution in [2.45, 2.75) is 25.6 Å². The first-order valence-electron chi connectivity index (χ1n) is 11.2. The number of halogens is 4. The Morgan fingerprint density at radius 3 is 2.37 bits per heavy atom. The molecule has 0 bridgehead atoms. The molecule has 1 fully saturated rings. The molecule has 1 unspecified atom stereocenters. The number of nitrogens with zero attached hydrogens (tertiary/aromatic N) is 2. The molecule has 2 aliphatic heterocycles. The van der Waals surface area contributed by atoms with Crippen LogP contribution < -0.4 is 9.96 Å². The van der Waals surface area contributed by atoms with Gasteiger partial charge in [0.1, 0.15) is 13.1 Å². The van der Waals surface area contributed by atoms with E-state index in [0.29, 0.717) is 36.5 Å². The number of rotatable bonds is 4. The van der Waals surface area contributed by atoms with E-state index >= 15 is 0 Å². The van der Waals surface area contributed by atoms with Crippen LogP contribution in [-0.4, -0.2) is 55.0 Å². The summed E-state index contributed by atoms with van der Waals surface area (Å²) in [5, 5.41) is 3.60. The fourth-order valence-corrected chi connectivity index (χ4v) is 4.67. The SMILES string of the molecule is O=C(c1ccc(Cl)cc1)N1CC(=O)[N+](CC2CCNCC2)(OC(=O)C(F)(F)F)c2ccccc2C1. The largest absolute Gasteiger partial charge is 0.497 e. The lowest BCUT2D eigenvalue weighted by Gasteiger charge is -2.35. The summed E-state index contributed by atoms with van der Waals surface area (Å²) in [7, 11) is 0. The first-order valence-corrected chi connectivity index (χ1v) is 11.5. The molecule has 2 aromatic carbocycles. The van der Waals surface area contributed by atoms with Crippen molar-refractivity contribution in [1.29, 1.82) is 0 Å². The van der Waals surface area contributed by atoms with Gasteiger partial charge in [0, 0.05) is 28.1 Å².